The number of ketones is 1. The van der Waals surface area contributed by atoms with Gasteiger partial charge in [-0.2, -0.15) is 0 Å². The zero-order valence-corrected chi connectivity index (χ0v) is 9.58. The molecule has 1 heteroatoms. The van der Waals surface area contributed by atoms with E-state index in [1.807, 2.05) is 0 Å². The molecule has 1 nitrogen and oxygen atoms in total. The quantitative estimate of drug-likeness (QED) is 0.470. The Morgan fingerprint density at radius 2 is 1.80 bits per heavy atom. The van der Waals surface area contributed by atoms with Gasteiger partial charge in [0.15, 0.2) is 0 Å². The van der Waals surface area contributed by atoms with Crippen molar-refractivity contribution in [2.24, 2.45) is 11.8 Å². The predicted octanol–water partition coefficient (Wildman–Crippen LogP) is 3.88. The minimum absolute atomic E-state index is 0.481. The largest absolute Gasteiger partial charge is 0.300 e. The first-order valence-corrected chi connectivity index (χ1v) is 6.54. The van der Waals surface area contributed by atoms with Gasteiger partial charge < -0.3 is 0 Å². The highest BCUT2D eigenvalue weighted by molar-refractivity contribution is 5.79. The van der Waals surface area contributed by atoms with Crippen molar-refractivity contribution in [2.45, 2.75) is 57.8 Å². The monoisotopic (exact) mass is 206 g/mol. The Morgan fingerprint density at radius 1 is 1.07 bits per heavy atom. The lowest BCUT2D eigenvalue weighted by Gasteiger charge is -2.21. The molecule has 0 heterocycles. The first-order chi connectivity index (χ1) is 7.36. The topological polar surface area (TPSA) is 17.1 Å². The molecular weight excluding hydrogens is 184 g/mol. The van der Waals surface area contributed by atoms with Gasteiger partial charge in [0.2, 0.25) is 0 Å². The van der Waals surface area contributed by atoms with E-state index in [1.54, 1.807) is 0 Å². The molecule has 2 rings (SSSR count). The molecule has 0 amide bonds. The molecule has 0 aromatic carbocycles. The fourth-order valence-corrected chi connectivity index (χ4v) is 3.01. The summed E-state index contributed by atoms with van der Waals surface area (Å²) < 4.78 is 0. The lowest BCUT2D eigenvalue weighted by Crippen LogP contribution is -2.15. The summed E-state index contributed by atoms with van der Waals surface area (Å²) in [6.45, 7) is 0. The van der Waals surface area contributed by atoms with E-state index in [0.29, 0.717) is 11.7 Å². The van der Waals surface area contributed by atoms with Crippen LogP contribution in [0.5, 0.6) is 0 Å². The molecule has 2 aliphatic carbocycles. The number of carbonyl (C=O) groups is 1. The molecule has 0 radical (unpaired) electrons. The number of carbonyl (C=O) groups excluding carboxylic acids is 1. The maximum atomic E-state index is 11.6. The summed E-state index contributed by atoms with van der Waals surface area (Å²) in [5, 5.41) is 0. The second-order valence-corrected chi connectivity index (χ2v) is 5.13. The summed E-state index contributed by atoms with van der Waals surface area (Å²) >= 11 is 0. The zero-order chi connectivity index (χ0) is 10.5. The molecule has 1 fully saturated rings. The third-order valence-electron chi connectivity index (χ3n) is 3.94. The summed E-state index contributed by atoms with van der Waals surface area (Å²) in [5.41, 5.74) is 0. The van der Waals surface area contributed by atoms with Crippen LogP contribution in [-0.2, 0) is 4.79 Å². The minimum atomic E-state index is 0.481. The highest BCUT2D eigenvalue weighted by atomic mass is 16.1. The maximum absolute atomic E-state index is 11.6. The molecule has 0 aromatic rings. The van der Waals surface area contributed by atoms with Gasteiger partial charge in [-0.05, 0) is 31.1 Å². The Bertz CT molecular complexity index is 234. The number of hydrogen-bond donors (Lipinski definition) is 0. The van der Waals surface area contributed by atoms with Gasteiger partial charge in [0.1, 0.15) is 5.78 Å². The van der Waals surface area contributed by atoms with Gasteiger partial charge in [-0.3, -0.25) is 4.79 Å². The summed E-state index contributed by atoms with van der Waals surface area (Å²) in [4.78, 5) is 11.6. The summed E-state index contributed by atoms with van der Waals surface area (Å²) in [5.74, 6) is 1.85. The Kier molecular flexibility index (Phi) is 3.99. The van der Waals surface area contributed by atoms with Crippen LogP contribution in [0.1, 0.15) is 57.8 Å². The van der Waals surface area contributed by atoms with Gasteiger partial charge >= 0.3 is 0 Å². The van der Waals surface area contributed by atoms with Crippen LogP contribution in [0.3, 0.4) is 0 Å². The van der Waals surface area contributed by atoms with Crippen molar-refractivity contribution in [3.05, 3.63) is 12.2 Å². The second-order valence-electron chi connectivity index (χ2n) is 5.13. The van der Waals surface area contributed by atoms with Crippen molar-refractivity contribution in [3.8, 4) is 0 Å². The first kappa shape index (κ1) is 10.9. The molecule has 1 atom stereocenters. The average molecular weight is 206 g/mol. The predicted molar refractivity (Wildman–Crippen MR) is 62.7 cm³/mol. The fourth-order valence-electron chi connectivity index (χ4n) is 3.01. The smallest absolute Gasteiger partial charge is 0.133 e. The molecule has 0 aromatic heterocycles. The maximum Gasteiger partial charge on any atom is 0.133 e. The highest BCUT2D eigenvalue weighted by Crippen LogP contribution is 2.33. The average Bonchev–Trinajstić information content (AvgIpc) is 2.59. The molecule has 84 valence electrons. The third kappa shape index (κ3) is 3.19. The van der Waals surface area contributed by atoms with E-state index in [2.05, 4.69) is 12.2 Å². The van der Waals surface area contributed by atoms with Crippen molar-refractivity contribution < 1.29 is 4.79 Å². The van der Waals surface area contributed by atoms with E-state index in [-0.39, 0.29) is 0 Å². The van der Waals surface area contributed by atoms with E-state index < -0.39 is 0 Å². The van der Waals surface area contributed by atoms with Gasteiger partial charge in [-0.1, -0.05) is 37.8 Å². The van der Waals surface area contributed by atoms with E-state index >= 15 is 0 Å². The number of Topliss-reactive ketones (excluding diaryl/α,β-unsaturated/α-hetero) is 1. The van der Waals surface area contributed by atoms with E-state index in [0.717, 1.165) is 25.2 Å². The molecular formula is C14H22O. The van der Waals surface area contributed by atoms with Crippen LogP contribution in [0, 0.1) is 11.8 Å². The van der Waals surface area contributed by atoms with E-state index in [1.165, 1.54) is 38.5 Å². The lowest BCUT2D eigenvalue weighted by molar-refractivity contribution is -0.119. The highest BCUT2D eigenvalue weighted by Gasteiger charge is 2.23. The van der Waals surface area contributed by atoms with Crippen molar-refractivity contribution >= 4 is 5.78 Å². The van der Waals surface area contributed by atoms with E-state index in [4.69, 9.17) is 0 Å². The van der Waals surface area contributed by atoms with Gasteiger partial charge in [0, 0.05) is 12.8 Å². The summed E-state index contributed by atoms with van der Waals surface area (Å²) in [6, 6.07) is 0. The Balaban J connectivity index is 1.96. The normalized spacial score (nSPS) is 29.9. The van der Waals surface area contributed by atoms with Crippen LogP contribution in [0.2, 0.25) is 0 Å². The van der Waals surface area contributed by atoms with Gasteiger partial charge in [-0.15, -0.1) is 0 Å². The van der Waals surface area contributed by atoms with Crippen molar-refractivity contribution in [3.63, 3.8) is 0 Å². The summed E-state index contributed by atoms with van der Waals surface area (Å²) in [6.07, 6.45) is 15.4. The zero-order valence-electron chi connectivity index (χ0n) is 9.58. The van der Waals surface area contributed by atoms with Crippen LogP contribution in [0.4, 0.5) is 0 Å². The van der Waals surface area contributed by atoms with Crippen LogP contribution >= 0.6 is 0 Å². The number of allylic oxidation sites excluding steroid dienone is 2. The SMILES string of the molecule is O=C1CCC=CC(C2CCCCCC2)C1. The van der Waals surface area contributed by atoms with E-state index in [9.17, 15) is 4.79 Å². The van der Waals surface area contributed by atoms with Crippen LogP contribution in [0.15, 0.2) is 12.2 Å². The molecule has 1 saturated carbocycles. The second kappa shape index (κ2) is 5.48. The molecule has 15 heavy (non-hydrogen) atoms. The Hall–Kier alpha value is -0.590. The van der Waals surface area contributed by atoms with Crippen molar-refractivity contribution in [2.75, 3.05) is 0 Å². The first-order valence-electron chi connectivity index (χ1n) is 6.54. The molecule has 0 spiro atoms. The minimum Gasteiger partial charge on any atom is -0.300 e. The number of rotatable bonds is 1. The third-order valence-corrected chi connectivity index (χ3v) is 3.94. The Labute approximate surface area is 92.9 Å². The standard InChI is InChI=1S/C14H22O/c15-14-10-6-5-9-13(11-14)12-7-3-1-2-4-8-12/h5,9,12-13H,1-4,6-8,10-11H2. The van der Waals surface area contributed by atoms with Crippen molar-refractivity contribution in [1.82, 2.24) is 0 Å². The molecule has 0 saturated heterocycles. The van der Waals surface area contributed by atoms with Gasteiger partial charge in [0.05, 0.1) is 0 Å². The molecule has 2 aliphatic rings. The molecule has 1 unspecified atom stereocenters. The Morgan fingerprint density at radius 3 is 2.53 bits per heavy atom. The lowest BCUT2D eigenvalue weighted by atomic mass is 9.83. The molecule has 0 bridgehead atoms. The van der Waals surface area contributed by atoms with Crippen molar-refractivity contribution in [1.29, 1.82) is 0 Å². The molecule has 0 N–H and O–H groups in total. The number of hydrogen-bond acceptors (Lipinski definition) is 1. The summed E-state index contributed by atoms with van der Waals surface area (Å²) in [7, 11) is 0. The van der Waals surface area contributed by atoms with Crippen LogP contribution in [-0.4, -0.2) is 5.78 Å². The van der Waals surface area contributed by atoms with Gasteiger partial charge in [0.25, 0.3) is 0 Å². The van der Waals surface area contributed by atoms with Gasteiger partial charge in [-0.25, -0.2) is 0 Å². The van der Waals surface area contributed by atoms with Crippen LogP contribution in [0.25, 0.3) is 0 Å². The molecule has 0 aliphatic heterocycles. The fraction of sp³-hybridized carbons (Fsp3) is 0.786. The van der Waals surface area contributed by atoms with Crippen LogP contribution < -0.4 is 0 Å².